The third-order valence-corrected chi connectivity index (χ3v) is 3.19. The molecule has 2 rings (SSSR count). The number of imidazole rings is 1. The first-order valence-corrected chi connectivity index (χ1v) is 6.25. The number of benzene rings is 1. The van der Waals surface area contributed by atoms with E-state index in [0.717, 1.165) is 23.3 Å². The van der Waals surface area contributed by atoms with Crippen molar-refractivity contribution < 1.29 is 5.11 Å². The number of hydrogen-bond donors (Lipinski definition) is 1. The van der Waals surface area contributed by atoms with Crippen LogP contribution in [0.1, 0.15) is 26.6 Å². The highest BCUT2D eigenvalue weighted by atomic mass is 16.3. The summed E-state index contributed by atoms with van der Waals surface area (Å²) in [6.45, 7) is 6.80. The van der Waals surface area contributed by atoms with E-state index in [4.69, 9.17) is 0 Å². The zero-order valence-electron chi connectivity index (χ0n) is 10.7. The van der Waals surface area contributed by atoms with Gasteiger partial charge in [-0.25, -0.2) is 4.98 Å². The predicted molar refractivity (Wildman–Crippen MR) is 70.0 cm³/mol. The van der Waals surface area contributed by atoms with Crippen molar-refractivity contribution in [1.82, 2.24) is 9.55 Å². The van der Waals surface area contributed by atoms with Crippen LogP contribution in [0.5, 0.6) is 0 Å². The fourth-order valence-electron chi connectivity index (χ4n) is 2.00. The second kappa shape index (κ2) is 4.88. The van der Waals surface area contributed by atoms with Gasteiger partial charge in [0.2, 0.25) is 0 Å². The summed E-state index contributed by atoms with van der Waals surface area (Å²) in [6.07, 6.45) is 0.567. The Labute approximate surface area is 102 Å². The zero-order chi connectivity index (χ0) is 12.4. The van der Waals surface area contributed by atoms with Crippen molar-refractivity contribution in [3.05, 3.63) is 30.1 Å². The van der Waals surface area contributed by atoms with Gasteiger partial charge in [0, 0.05) is 6.42 Å². The van der Waals surface area contributed by atoms with Crippen LogP contribution < -0.4 is 0 Å². The summed E-state index contributed by atoms with van der Waals surface area (Å²) >= 11 is 0. The molecular formula is C14H20N2O. The lowest BCUT2D eigenvalue weighted by molar-refractivity contribution is 0.107. The summed E-state index contributed by atoms with van der Waals surface area (Å²) in [5.74, 6) is 1.31. The number of para-hydroxylation sites is 2. The fourth-order valence-corrected chi connectivity index (χ4v) is 2.00. The van der Waals surface area contributed by atoms with Crippen LogP contribution in [-0.2, 0) is 13.0 Å². The molecule has 1 aromatic carbocycles. The van der Waals surface area contributed by atoms with E-state index < -0.39 is 0 Å². The second-order valence-corrected chi connectivity index (χ2v) is 4.79. The third-order valence-electron chi connectivity index (χ3n) is 3.19. The molecule has 1 atom stereocenters. The van der Waals surface area contributed by atoms with Crippen molar-refractivity contribution in [3.8, 4) is 0 Å². The molecule has 0 bridgehead atoms. The van der Waals surface area contributed by atoms with Gasteiger partial charge in [-0.2, -0.15) is 0 Å². The van der Waals surface area contributed by atoms with Crippen LogP contribution >= 0.6 is 0 Å². The number of rotatable bonds is 4. The van der Waals surface area contributed by atoms with Crippen LogP contribution in [0.2, 0.25) is 0 Å². The molecule has 0 amide bonds. The minimum absolute atomic E-state index is 0.265. The smallest absolute Gasteiger partial charge is 0.109 e. The molecule has 0 aliphatic heterocycles. The second-order valence-electron chi connectivity index (χ2n) is 4.79. The minimum atomic E-state index is -0.321. The molecule has 3 nitrogen and oxygen atoms in total. The first-order valence-electron chi connectivity index (χ1n) is 6.25. The number of aryl methyl sites for hydroxylation is 1. The summed E-state index contributed by atoms with van der Waals surface area (Å²) in [5, 5.41) is 10.0. The van der Waals surface area contributed by atoms with E-state index in [9.17, 15) is 5.11 Å². The molecule has 1 aromatic heterocycles. The van der Waals surface area contributed by atoms with Gasteiger partial charge in [0.1, 0.15) is 5.82 Å². The number of fused-ring (bicyclic) bond motifs is 1. The molecule has 1 heterocycles. The maximum atomic E-state index is 10.0. The van der Waals surface area contributed by atoms with Gasteiger partial charge in [0.15, 0.2) is 0 Å². The summed E-state index contributed by atoms with van der Waals surface area (Å²) in [4.78, 5) is 4.60. The van der Waals surface area contributed by atoms with E-state index >= 15 is 0 Å². The molecule has 0 radical (unpaired) electrons. The number of nitrogens with zero attached hydrogens (tertiary/aromatic N) is 2. The van der Waals surface area contributed by atoms with Gasteiger partial charge in [0.25, 0.3) is 0 Å². The Morgan fingerprint density at radius 1 is 1.29 bits per heavy atom. The quantitative estimate of drug-likeness (QED) is 0.880. The number of aliphatic hydroxyl groups excluding tert-OH is 1. The topological polar surface area (TPSA) is 38.0 Å². The molecule has 0 aliphatic rings. The molecule has 17 heavy (non-hydrogen) atoms. The molecule has 2 aromatic rings. The van der Waals surface area contributed by atoms with E-state index in [2.05, 4.69) is 22.5 Å². The lowest BCUT2D eigenvalue weighted by Crippen LogP contribution is -2.22. The Morgan fingerprint density at radius 2 is 2.00 bits per heavy atom. The lowest BCUT2D eigenvalue weighted by atomic mass is 10.1. The molecule has 1 unspecified atom stereocenters. The largest absolute Gasteiger partial charge is 0.391 e. The van der Waals surface area contributed by atoms with Crippen LogP contribution in [0, 0.1) is 5.92 Å². The summed E-state index contributed by atoms with van der Waals surface area (Å²) in [7, 11) is 0. The number of aromatic nitrogens is 2. The highest BCUT2D eigenvalue weighted by molar-refractivity contribution is 5.75. The fraction of sp³-hybridized carbons (Fsp3) is 0.500. The third kappa shape index (κ3) is 2.34. The van der Waals surface area contributed by atoms with Crippen molar-refractivity contribution in [1.29, 1.82) is 0 Å². The zero-order valence-corrected chi connectivity index (χ0v) is 10.7. The van der Waals surface area contributed by atoms with E-state index in [0.29, 0.717) is 6.54 Å². The molecule has 0 aliphatic carbocycles. The van der Waals surface area contributed by atoms with Crippen LogP contribution in [0.15, 0.2) is 24.3 Å². The normalized spacial score (nSPS) is 13.5. The highest BCUT2D eigenvalue weighted by Gasteiger charge is 2.15. The van der Waals surface area contributed by atoms with Gasteiger partial charge in [-0.3, -0.25) is 0 Å². The maximum absolute atomic E-state index is 10.0. The average molecular weight is 232 g/mol. The highest BCUT2D eigenvalue weighted by Crippen LogP contribution is 2.18. The van der Waals surface area contributed by atoms with Gasteiger partial charge >= 0.3 is 0 Å². The van der Waals surface area contributed by atoms with Gasteiger partial charge in [0.05, 0.1) is 23.7 Å². The van der Waals surface area contributed by atoms with E-state index in [1.165, 1.54) is 0 Å². The van der Waals surface area contributed by atoms with Crippen molar-refractivity contribution >= 4 is 11.0 Å². The van der Waals surface area contributed by atoms with Crippen LogP contribution in [-0.4, -0.2) is 20.8 Å². The molecule has 0 saturated carbocycles. The molecule has 0 spiro atoms. The number of hydrogen-bond acceptors (Lipinski definition) is 2. The summed E-state index contributed by atoms with van der Waals surface area (Å²) in [5.41, 5.74) is 2.13. The Balaban J connectivity index is 2.43. The number of aliphatic hydroxyl groups is 1. The van der Waals surface area contributed by atoms with Crippen molar-refractivity contribution in [2.24, 2.45) is 5.92 Å². The van der Waals surface area contributed by atoms with Crippen LogP contribution in [0.3, 0.4) is 0 Å². The Kier molecular flexibility index (Phi) is 3.48. The van der Waals surface area contributed by atoms with E-state index in [1.54, 1.807) is 0 Å². The molecular weight excluding hydrogens is 212 g/mol. The van der Waals surface area contributed by atoms with E-state index in [-0.39, 0.29) is 12.0 Å². The molecule has 3 heteroatoms. The minimum Gasteiger partial charge on any atom is -0.391 e. The monoisotopic (exact) mass is 232 g/mol. The van der Waals surface area contributed by atoms with Gasteiger partial charge in [-0.05, 0) is 18.1 Å². The van der Waals surface area contributed by atoms with Crippen molar-refractivity contribution in [2.45, 2.75) is 39.8 Å². The Hall–Kier alpha value is -1.35. The first kappa shape index (κ1) is 12.1. The van der Waals surface area contributed by atoms with Crippen molar-refractivity contribution in [3.63, 3.8) is 0 Å². The first-order chi connectivity index (χ1) is 8.13. The molecule has 1 N–H and O–H groups in total. The lowest BCUT2D eigenvalue weighted by Gasteiger charge is -2.17. The Bertz CT molecular complexity index is 502. The van der Waals surface area contributed by atoms with Gasteiger partial charge in [-0.15, -0.1) is 0 Å². The SMILES string of the molecule is CCc1nc2ccccc2n1CC(O)C(C)C. The van der Waals surface area contributed by atoms with Gasteiger partial charge in [-0.1, -0.05) is 32.9 Å². The molecule has 0 fully saturated rings. The molecule has 92 valence electrons. The summed E-state index contributed by atoms with van der Waals surface area (Å²) < 4.78 is 2.14. The van der Waals surface area contributed by atoms with Crippen molar-refractivity contribution in [2.75, 3.05) is 0 Å². The summed E-state index contributed by atoms with van der Waals surface area (Å²) in [6, 6.07) is 8.10. The van der Waals surface area contributed by atoms with Gasteiger partial charge < -0.3 is 9.67 Å². The maximum Gasteiger partial charge on any atom is 0.109 e. The van der Waals surface area contributed by atoms with Crippen LogP contribution in [0.4, 0.5) is 0 Å². The standard InChI is InChI=1S/C14H20N2O/c1-4-14-15-11-7-5-6-8-12(11)16(14)9-13(17)10(2)3/h5-8,10,13,17H,4,9H2,1-3H3. The molecule has 0 saturated heterocycles. The van der Waals surface area contributed by atoms with E-state index in [1.807, 2.05) is 32.0 Å². The average Bonchev–Trinajstić information content (AvgIpc) is 2.67. The Morgan fingerprint density at radius 3 is 2.65 bits per heavy atom. The predicted octanol–water partition coefficient (Wildman–Crippen LogP) is 2.62. The van der Waals surface area contributed by atoms with Crippen LogP contribution in [0.25, 0.3) is 11.0 Å².